The summed E-state index contributed by atoms with van der Waals surface area (Å²) in [4.78, 5) is 12.1. The largest absolute Gasteiger partial charge is 0.382 e. The molecule has 1 atom stereocenters. The molecule has 0 aliphatic carbocycles. The van der Waals surface area contributed by atoms with Gasteiger partial charge in [0.25, 0.3) is 0 Å². The first kappa shape index (κ1) is 9.45. The molecule has 0 fully saturated rings. The minimum atomic E-state index is -0.496. The molecule has 1 unspecified atom stereocenters. The summed E-state index contributed by atoms with van der Waals surface area (Å²) in [6.07, 6.45) is 3.87. The van der Waals surface area contributed by atoms with Crippen molar-refractivity contribution in [2.75, 3.05) is 5.73 Å². The summed E-state index contributed by atoms with van der Waals surface area (Å²) in [5.41, 5.74) is 6.74. The maximum atomic E-state index is 5.68. The van der Waals surface area contributed by atoms with Gasteiger partial charge >= 0.3 is 0 Å². The van der Waals surface area contributed by atoms with E-state index in [2.05, 4.69) is 40.8 Å². The van der Waals surface area contributed by atoms with Crippen LogP contribution in [0.3, 0.4) is 0 Å². The Kier molecular flexibility index (Phi) is 2.03. The van der Waals surface area contributed by atoms with E-state index < -0.39 is 6.17 Å². The molecule has 84 valence electrons. The van der Waals surface area contributed by atoms with Crippen LogP contribution in [0.25, 0.3) is 11.2 Å². The van der Waals surface area contributed by atoms with Crippen molar-refractivity contribution < 1.29 is 0 Å². The Morgan fingerprint density at radius 2 is 2.06 bits per heavy atom. The lowest BCUT2D eigenvalue weighted by atomic mass is 10.4. The highest BCUT2D eigenvalue weighted by Gasteiger charge is 2.15. The van der Waals surface area contributed by atoms with Crippen LogP contribution >= 0.6 is 0 Å². The summed E-state index contributed by atoms with van der Waals surface area (Å²) in [7, 11) is 0. The highest BCUT2D eigenvalue weighted by atomic mass is 15.6. The predicted molar refractivity (Wildman–Crippen MR) is 57.0 cm³/mol. The van der Waals surface area contributed by atoms with Crippen molar-refractivity contribution >= 4 is 23.2 Å². The van der Waals surface area contributed by atoms with Gasteiger partial charge in [-0.1, -0.05) is 0 Å². The third kappa shape index (κ3) is 1.51. The second kappa shape index (κ2) is 3.66. The highest BCUT2D eigenvalue weighted by Crippen LogP contribution is 2.19. The fourth-order valence-electron chi connectivity index (χ4n) is 1.43. The summed E-state index contributed by atoms with van der Waals surface area (Å²) in [5.74, 6) is 0.311. The molecule has 0 radical (unpaired) electrons. The molecule has 1 aliphatic rings. The van der Waals surface area contributed by atoms with Crippen LogP contribution in [-0.4, -0.2) is 25.7 Å². The molecule has 3 rings (SSSR count). The summed E-state index contributed by atoms with van der Waals surface area (Å²) in [6.45, 7) is 0. The maximum absolute atomic E-state index is 5.68. The molecule has 2 aromatic rings. The van der Waals surface area contributed by atoms with Crippen molar-refractivity contribution in [2.45, 2.75) is 6.17 Å². The van der Waals surface area contributed by atoms with Crippen LogP contribution in [0.1, 0.15) is 6.17 Å². The van der Waals surface area contributed by atoms with Gasteiger partial charge in [-0.05, 0) is 15.7 Å². The van der Waals surface area contributed by atoms with Crippen molar-refractivity contribution in [3.05, 3.63) is 12.7 Å². The first-order valence-corrected chi connectivity index (χ1v) is 4.62. The van der Waals surface area contributed by atoms with Crippen molar-refractivity contribution in [1.29, 1.82) is 0 Å². The van der Waals surface area contributed by atoms with Crippen LogP contribution in [0.5, 0.6) is 0 Å². The lowest BCUT2D eigenvalue weighted by Crippen LogP contribution is -2.07. The Hall–Kier alpha value is -2.78. The molecule has 0 spiro atoms. The number of aromatic nitrogens is 4. The summed E-state index contributed by atoms with van der Waals surface area (Å²) < 4.78 is 1.65. The van der Waals surface area contributed by atoms with Crippen LogP contribution in [0.15, 0.2) is 38.5 Å². The fraction of sp³-hybridized carbons (Fsp3) is 0.143. The van der Waals surface area contributed by atoms with Crippen LogP contribution in [0.4, 0.5) is 5.82 Å². The molecular weight excluding hydrogens is 224 g/mol. The number of fused-ring (bicyclic) bond motifs is 1. The highest BCUT2D eigenvalue weighted by molar-refractivity contribution is 5.82. The molecule has 0 bridgehead atoms. The Morgan fingerprint density at radius 1 is 1.12 bits per heavy atom. The molecule has 0 amide bonds. The number of hydrogen-bond acceptors (Lipinski definition) is 9. The smallest absolute Gasteiger partial charge is 0.188 e. The fourth-order valence-corrected chi connectivity index (χ4v) is 1.43. The van der Waals surface area contributed by atoms with E-state index in [1.165, 1.54) is 18.9 Å². The maximum Gasteiger partial charge on any atom is 0.188 e. The standard InChI is InChI=1S/C7H6N10/c8-6-5-7(10-2-9-6)17(3-11-5)4-1-12-14-16-15-13-4/h1-4H,(H2,8,9,10). The van der Waals surface area contributed by atoms with E-state index in [1.54, 1.807) is 4.57 Å². The van der Waals surface area contributed by atoms with Gasteiger partial charge < -0.3 is 5.73 Å². The first-order chi connectivity index (χ1) is 8.36. The molecular formula is C7H6N10. The van der Waals surface area contributed by atoms with Crippen LogP contribution < -0.4 is 5.73 Å². The number of nitrogens with zero attached hydrogens (tertiary/aromatic N) is 9. The molecule has 10 nitrogen and oxygen atoms in total. The Morgan fingerprint density at radius 3 is 3.00 bits per heavy atom. The second-order valence-corrected chi connectivity index (χ2v) is 3.14. The third-order valence-electron chi connectivity index (χ3n) is 2.17. The topological polar surface area (TPSA) is 131 Å². The second-order valence-electron chi connectivity index (χ2n) is 3.14. The van der Waals surface area contributed by atoms with Gasteiger partial charge in [0.2, 0.25) is 0 Å². The molecule has 10 heteroatoms. The lowest BCUT2D eigenvalue weighted by molar-refractivity contribution is 0.648. The van der Waals surface area contributed by atoms with Gasteiger partial charge in [0.1, 0.15) is 11.8 Å². The van der Waals surface area contributed by atoms with Crippen molar-refractivity contribution in [3.8, 4) is 0 Å². The summed E-state index contributed by atoms with van der Waals surface area (Å²) in [5, 5.41) is 17.7. The molecule has 2 aromatic heterocycles. The van der Waals surface area contributed by atoms with Gasteiger partial charge in [0.15, 0.2) is 17.6 Å². The van der Waals surface area contributed by atoms with Crippen molar-refractivity contribution in [2.24, 2.45) is 25.9 Å². The Labute approximate surface area is 94.0 Å². The monoisotopic (exact) mass is 230 g/mol. The quantitative estimate of drug-likeness (QED) is 0.772. The average molecular weight is 230 g/mol. The van der Waals surface area contributed by atoms with E-state index in [-0.39, 0.29) is 0 Å². The van der Waals surface area contributed by atoms with Crippen LogP contribution in [0, 0.1) is 0 Å². The van der Waals surface area contributed by atoms with E-state index in [9.17, 15) is 0 Å². The SMILES string of the molecule is Nc1ncnc2c1ncn2C1C=NN=NN=N1. The zero-order chi connectivity index (χ0) is 11.7. The molecule has 0 aromatic carbocycles. The molecule has 17 heavy (non-hydrogen) atoms. The van der Waals surface area contributed by atoms with Gasteiger partial charge in [0.05, 0.1) is 12.5 Å². The number of anilines is 1. The number of imidazole rings is 1. The van der Waals surface area contributed by atoms with Crippen LogP contribution in [-0.2, 0) is 0 Å². The lowest BCUT2D eigenvalue weighted by Gasteiger charge is -2.05. The molecule has 0 saturated heterocycles. The minimum Gasteiger partial charge on any atom is -0.382 e. The summed E-state index contributed by atoms with van der Waals surface area (Å²) >= 11 is 0. The number of hydrogen-bond donors (Lipinski definition) is 1. The zero-order valence-corrected chi connectivity index (χ0v) is 8.41. The van der Waals surface area contributed by atoms with Gasteiger partial charge in [-0.3, -0.25) is 4.57 Å². The Balaban J connectivity index is 2.15. The number of nitrogens with two attached hydrogens (primary N) is 1. The van der Waals surface area contributed by atoms with E-state index in [4.69, 9.17) is 5.73 Å². The number of rotatable bonds is 1. The summed E-state index contributed by atoms with van der Waals surface area (Å²) in [6, 6.07) is 0. The third-order valence-corrected chi connectivity index (χ3v) is 2.17. The number of nitrogen functional groups attached to an aromatic ring is 1. The molecule has 3 heterocycles. The minimum absolute atomic E-state index is 0.311. The Bertz CT molecular complexity index is 621. The van der Waals surface area contributed by atoms with Gasteiger partial charge in [-0.25, -0.2) is 15.0 Å². The average Bonchev–Trinajstić information content (AvgIpc) is 2.59. The van der Waals surface area contributed by atoms with Crippen molar-refractivity contribution in [1.82, 2.24) is 19.5 Å². The first-order valence-electron chi connectivity index (χ1n) is 4.62. The van der Waals surface area contributed by atoms with Gasteiger partial charge in [-0.2, -0.15) is 0 Å². The molecule has 2 N–H and O–H groups in total. The van der Waals surface area contributed by atoms with E-state index in [0.29, 0.717) is 17.0 Å². The van der Waals surface area contributed by atoms with E-state index >= 15 is 0 Å². The molecule has 0 saturated carbocycles. The predicted octanol–water partition coefficient (Wildman–Crippen LogP) is 0.726. The van der Waals surface area contributed by atoms with E-state index in [1.807, 2.05) is 0 Å². The normalized spacial score (nSPS) is 18.7. The molecule has 1 aliphatic heterocycles. The van der Waals surface area contributed by atoms with E-state index in [0.717, 1.165) is 0 Å². The zero-order valence-electron chi connectivity index (χ0n) is 8.41. The van der Waals surface area contributed by atoms with Crippen molar-refractivity contribution in [3.63, 3.8) is 0 Å². The van der Waals surface area contributed by atoms with Crippen LogP contribution in [0.2, 0.25) is 0 Å². The van der Waals surface area contributed by atoms with Gasteiger partial charge in [-0.15, -0.1) is 10.2 Å². The van der Waals surface area contributed by atoms with Gasteiger partial charge in [0, 0.05) is 0 Å².